The smallest absolute Gasteiger partial charge is 0.0549 e. The maximum Gasteiger partial charge on any atom is 0.0549 e. The summed E-state index contributed by atoms with van der Waals surface area (Å²) >= 11 is 6.91. The van der Waals surface area contributed by atoms with Crippen LogP contribution in [0.2, 0.25) is 0 Å². The van der Waals surface area contributed by atoms with E-state index in [2.05, 4.69) is 81.6 Å². The number of benzene rings is 1. The Labute approximate surface area is 122 Å². The quantitative estimate of drug-likeness (QED) is 0.591. The van der Waals surface area contributed by atoms with Crippen LogP contribution in [0.25, 0.3) is 6.08 Å². The lowest BCUT2D eigenvalue weighted by Gasteiger charge is -2.02. The summed E-state index contributed by atoms with van der Waals surface area (Å²) in [4.78, 5) is 0. The number of thioether (sulfide) groups is 1. The molecule has 0 saturated carbocycles. The van der Waals surface area contributed by atoms with Gasteiger partial charge in [-0.15, -0.1) is 11.8 Å². The monoisotopic (exact) mass is 440 g/mol. The van der Waals surface area contributed by atoms with Crippen LogP contribution >= 0.6 is 56.9 Å². The second kappa shape index (κ2) is 5.72. The maximum absolute atomic E-state index is 2.46. The van der Waals surface area contributed by atoms with Crippen molar-refractivity contribution >= 4 is 63.0 Å². The Morgan fingerprint density at radius 2 is 1.93 bits per heavy atom. The second-order valence-corrected chi connectivity index (χ2v) is 6.85. The minimum Gasteiger partial charge on any atom is -0.144 e. The molecule has 0 saturated heterocycles. The van der Waals surface area contributed by atoms with Crippen LogP contribution in [0.4, 0.5) is 0 Å². The van der Waals surface area contributed by atoms with Gasteiger partial charge in [0.25, 0.3) is 0 Å². The summed E-state index contributed by atoms with van der Waals surface area (Å²) in [6.07, 6.45) is 4.51. The lowest BCUT2D eigenvalue weighted by atomic mass is 10.2. The van der Waals surface area contributed by atoms with Gasteiger partial charge in [0.15, 0.2) is 0 Å². The summed E-state index contributed by atoms with van der Waals surface area (Å²) in [6.45, 7) is 0. The number of halogens is 2. The lowest BCUT2D eigenvalue weighted by Crippen LogP contribution is -1.91. The fourth-order valence-corrected chi connectivity index (χ4v) is 4.60. The van der Waals surface area contributed by atoms with Crippen molar-refractivity contribution < 1.29 is 0 Å². The summed E-state index contributed by atoms with van der Waals surface area (Å²) in [5, 5.41) is 0.567. The predicted molar refractivity (Wildman–Crippen MR) is 86.8 cm³/mol. The zero-order chi connectivity index (χ0) is 10.7. The Morgan fingerprint density at radius 3 is 2.53 bits per heavy atom. The third-order valence-electron chi connectivity index (χ3n) is 2.16. The van der Waals surface area contributed by atoms with Crippen LogP contribution in [0.15, 0.2) is 43.6 Å². The third kappa shape index (κ3) is 3.23. The van der Waals surface area contributed by atoms with E-state index in [1.54, 1.807) is 0 Å². The average molecular weight is 440 g/mol. The van der Waals surface area contributed by atoms with Gasteiger partial charge in [-0.25, -0.2) is 0 Å². The van der Waals surface area contributed by atoms with Gasteiger partial charge in [0, 0.05) is 12.9 Å². The lowest BCUT2D eigenvalue weighted by molar-refractivity contribution is 1.44. The van der Waals surface area contributed by atoms with Crippen LogP contribution in [-0.2, 0) is 0 Å². The Bertz CT molecular complexity index is 395. The molecule has 1 atom stereocenters. The van der Waals surface area contributed by atoms with Gasteiger partial charge in [-0.1, -0.05) is 42.5 Å². The van der Waals surface area contributed by atoms with Crippen molar-refractivity contribution in [2.45, 2.75) is 5.25 Å². The Morgan fingerprint density at radius 1 is 1.20 bits per heavy atom. The van der Waals surface area contributed by atoms with Gasteiger partial charge in [-0.05, 0) is 50.7 Å². The molecule has 1 heterocycles. The van der Waals surface area contributed by atoms with E-state index in [9.17, 15) is 0 Å². The normalized spacial score (nSPS) is 21.6. The summed E-state index contributed by atoms with van der Waals surface area (Å²) in [6, 6.07) is 10.5. The van der Waals surface area contributed by atoms with Crippen LogP contribution in [-0.4, -0.2) is 11.0 Å². The van der Waals surface area contributed by atoms with Crippen molar-refractivity contribution in [3.63, 3.8) is 0 Å². The van der Waals surface area contributed by atoms with Crippen LogP contribution in [0.3, 0.4) is 0 Å². The highest BCUT2D eigenvalue weighted by atomic mass is 127. The van der Waals surface area contributed by atoms with Crippen LogP contribution in [0, 0.1) is 0 Å². The van der Waals surface area contributed by atoms with Gasteiger partial charge in [0.05, 0.1) is 5.25 Å². The zero-order valence-electron chi connectivity index (χ0n) is 7.99. The van der Waals surface area contributed by atoms with E-state index in [1.807, 2.05) is 17.8 Å². The third-order valence-corrected chi connectivity index (χ3v) is 7.63. The molecule has 0 aliphatic carbocycles. The topological polar surface area (TPSA) is 0 Å². The standard InChI is InChI=1S/C12H10I2S/c13-10-8-15-11(12(10)14)7-6-9-4-2-1-3-5-9/h1-7,11H,8H2/b7-6+. The van der Waals surface area contributed by atoms with E-state index in [-0.39, 0.29) is 0 Å². The molecule has 0 radical (unpaired) electrons. The van der Waals surface area contributed by atoms with Gasteiger partial charge in [-0.2, -0.15) is 0 Å². The van der Waals surface area contributed by atoms with E-state index >= 15 is 0 Å². The first-order valence-corrected chi connectivity index (χ1v) is 7.87. The van der Waals surface area contributed by atoms with Crippen molar-refractivity contribution in [3.8, 4) is 0 Å². The van der Waals surface area contributed by atoms with E-state index in [1.165, 1.54) is 18.5 Å². The molecule has 1 aliphatic rings. The van der Waals surface area contributed by atoms with Crippen molar-refractivity contribution in [1.82, 2.24) is 0 Å². The fourth-order valence-electron chi connectivity index (χ4n) is 1.36. The molecular weight excluding hydrogens is 430 g/mol. The predicted octanol–water partition coefficient (Wildman–Crippen LogP) is 4.90. The number of hydrogen-bond donors (Lipinski definition) is 0. The van der Waals surface area contributed by atoms with Gasteiger partial charge in [0.2, 0.25) is 0 Å². The zero-order valence-corrected chi connectivity index (χ0v) is 13.1. The number of hydrogen-bond acceptors (Lipinski definition) is 1. The van der Waals surface area contributed by atoms with Crippen molar-refractivity contribution in [3.05, 3.63) is 49.1 Å². The first-order chi connectivity index (χ1) is 7.27. The fraction of sp³-hybridized carbons (Fsp3) is 0.167. The summed E-state index contributed by atoms with van der Waals surface area (Å²) in [5.74, 6) is 1.17. The molecule has 0 amide bonds. The molecule has 0 fully saturated rings. The van der Waals surface area contributed by atoms with Crippen molar-refractivity contribution in [2.24, 2.45) is 0 Å². The Balaban J connectivity index is 2.08. The highest BCUT2D eigenvalue weighted by Crippen LogP contribution is 2.40. The molecule has 1 unspecified atom stereocenters. The minimum atomic E-state index is 0.567. The van der Waals surface area contributed by atoms with Crippen LogP contribution in [0.1, 0.15) is 5.56 Å². The van der Waals surface area contributed by atoms with E-state index in [0.717, 1.165) is 0 Å². The number of rotatable bonds is 2. The summed E-state index contributed by atoms with van der Waals surface area (Å²) in [5.41, 5.74) is 1.28. The molecule has 1 aromatic rings. The molecule has 2 rings (SSSR count). The molecule has 15 heavy (non-hydrogen) atoms. The van der Waals surface area contributed by atoms with E-state index in [0.29, 0.717) is 5.25 Å². The van der Waals surface area contributed by atoms with Crippen LogP contribution < -0.4 is 0 Å². The van der Waals surface area contributed by atoms with E-state index in [4.69, 9.17) is 0 Å². The molecule has 0 aromatic heterocycles. The maximum atomic E-state index is 2.46. The van der Waals surface area contributed by atoms with Crippen LogP contribution in [0.5, 0.6) is 0 Å². The summed E-state index contributed by atoms with van der Waals surface area (Å²) in [7, 11) is 0. The van der Waals surface area contributed by atoms with E-state index < -0.39 is 0 Å². The molecule has 78 valence electrons. The molecule has 0 N–H and O–H groups in total. The SMILES string of the molecule is IC1=C(I)C(/C=C/c2ccccc2)SC1. The van der Waals surface area contributed by atoms with Gasteiger partial charge in [0.1, 0.15) is 0 Å². The molecule has 3 heteroatoms. The molecular formula is C12H10I2S. The van der Waals surface area contributed by atoms with Gasteiger partial charge >= 0.3 is 0 Å². The second-order valence-electron chi connectivity index (χ2n) is 3.25. The van der Waals surface area contributed by atoms with Crippen molar-refractivity contribution in [2.75, 3.05) is 5.75 Å². The van der Waals surface area contributed by atoms with Gasteiger partial charge < -0.3 is 0 Å². The summed E-state index contributed by atoms with van der Waals surface area (Å²) < 4.78 is 2.99. The highest BCUT2D eigenvalue weighted by Gasteiger charge is 2.19. The molecule has 0 bridgehead atoms. The average Bonchev–Trinajstić information content (AvgIpc) is 2.59. The minimum absolute atomic E-state index is 0.567. The Hall–Kier alpha value is 0.510. The van der Waals surface area contributed by atoms with Gasteiger partial charge in [-0.3, -0.25) is 0 Å². The van der Waals surface area contributed by atoms with Crippen molar-refractivity contribution in [1.29, 1.82) is 0 Å². The first kappa shape index (κ1) is 12.0. The molecule has 1 aliphatic heterocycles. The Kier molecular flexibility index (Phi) is 4.57. The molecule has 1 aromatic carbocycles. The molecule has 0 nitrogen and oxygen atoms in total. The largest absolute Gasteiger partial charge is 0.144 e. The first-order valence-electron chi connectivity index (χ1n) is 4.66. The molecule has 0 spiro atoms. The highest BCUT2D eigenvalue weighted by molar-refractivity contribution is 14.1.